The molecular formula is C28H32N8O2. The molecule has 1 atom stereocenters. The number of H-pyrrole nitrogens is 1. The molecule has 196 valence electrons. The quantitative estimate of drug-likeness (QED) is 0.300. The first kappa shape index (κ1) is 23.2. The molecule has 0 radical (unpaired) electrons. The van der Waals surface area contributed by atoms with E-state index in [0.717, 1.165) is 35.4 Å². The smallest absolute Gasteiger partial charge is 0.210 e. The Morgan fingerprint density at radius 3 is 2.63 bits per heavy atom. The molecule has 5 aromatic heterocycles. The van der Waals surface area contributed by atoms with Crippen molar-refractivity contribution in [1.82, 2.24) is 34.3 Å². The lowest BCUT2D eigenvalue weighted by atomic mass is 9.91. The highest BCUT2D eigenvalue weighted by molar-refractivity contribution is 5.79. The Hall–Kier alpha value is -3.92. The molecule has 0 unspecified atom stereocenters. The summed E-state index contributed by atoms with van der Waals surface area (Å²) in [5.74, 6) is 3.38. The van der Waals surface area contributed by atoms with Gasteiger partial charge in [0.2, 0.25) is 5.95 Å². The molecule has 2 aliphatic rings. The van der Waals surface area contributed by atoms with Gasteiger partial charge in [-0.25, -0.2) is 9.97 Å². The van der Waals surface area contributed by atoms with E-state index in [1.165, 1.54) is 24.2 Å². The van der Waals surface area contributed by atoms with Gasteiger partial charge in [0.05, 0.1) is 30.6 Å². The minimum absolute atomic E-state index is 0.0482. The maximum absolute atomic E-state index is 6.15. The normalized spacial score (nSPS) is 18.1. The fraction of sp³-hybridized carbons (Fsp3) is 0.429. The van der Waals surface area contributed by atoms with Crippen LogP contribution in [-0.2, 0) is 17.2 Å². The monoisotopic (exact) mass is 512 g/mol. The summed E-state index contributed by atoms with van der Waals surface area (Å²) < 4.78 is 15.9. The zero-order valence-corrected chi connectivity index (χ0v) is 22.2. The molecule has 10 nitrogen and oxygen atoms in total. The van der Waals surface area contributed by atoms with E-state index in [1.807, 2.05) is 23.7 Å². The van der Waals surface area contributed by atoms with Gasteiger partial charge in [-0.15, -0.1) is 0 Å². The van der Waals surface area contributed by atoms with Crippen molar-refractivity contribution in [2.45, 2.75) is 57.4 Å². The molecule has 10 heteroatoms. The molecule has 0 amide bonds. The molecule has 38 heavy (non-hydrogen) atoms. The summed E-state index contributed by atoms with van der Waals surface area (Å²) in [6, 6.07) is 8.51. The number of hydrogen-bond acceptors (Lipinski definition) is 7. The van der Waals surface area contributed by atoms with Crippen LogP contribution in [0.5, 0.6) is 11.5 Å². The van der Waals surface area contributed by atoms with Crippen LogP contribution in [-0.4, -0.2) is 47.5 Å². The van der Waals surface area contributed by atoms with Crippen LogP contribution < -0.4 is 10.1 Å². The van der Waals surface area contributed by atoms with E-state index in [1.54, 1.807) is 12.4 Å². The summed E-state index contributed by atoms with van der Waals surface area (Å²) in [6.45, 7) is 8.08. The van der Waals surface area contributed by atoms with Gasteiger partial charge in [-0.1, -0.05) is 20.8 Å². The third-order valence-corrected chi connectivity index (χ3v) is 7.43. The maximum Gasteiger partial charge on any atom is 0.210 e. The highest BCUT2D eigenvalue weighted by Gasteiger charge is 2.28. The number of rotatable bonds is 6. The van der Waals surface area contributed by atoms with Crippen LogP contribution in [0, 0.1) is 0 Å². The zero-order chi connectivity index (χ0) is 26.0. The van der Waals surface area contributed by atoms with E-state index < -0.39 is 0 Å². The lowest BCUT2D eigenvalue weighted by molar-refractivity contribution is 0.183. The first-order chi connectivity index (χ1) is 18.3. The number of hydrogen-bond donors (Lipinski definition) is 2. The second kappa shape index (κ2) is 8.56. The summed E-state index contributed by atoms with van der Waals surface area (Å²) in [7, 11) is 1.96. The molecular weight excluding hydrogens is 480 g/mol. The van der Waals surface area contributed by atoms with E-state index in [9.17, 15) is 0 Å². The van der Waals surface area contributed by atoms with Crippen molar-refractivity contribution in [1.29, 1.82) is 0 Å². The number of aromatic nitrogens is 7. The fourth-order valence-electron chi connectivity index (χ4n) is 5.16. The Kier molecular flexibility index (Phi) is 5.23. The lowest BCUT2D eigenvalue weighted by Crippen LogP contribution is -2.22. The van der Waals surface area contributed by atoms with Crippen molar-refractivity contribution in [3.05, 3.63) is 48.0 Å². The molecule has 2 N–H and O–H groups in total. The highest BCUT2D eigenvalue weighted by Crippen LogP contribution is 2.41. The van der Waals surface area contributed by atoms with Crippen molar-refractivity contribution >= 4 is 34.0 Å². The Balaban J connectivity index is 1.15. The second-order valence-electron chi connectivity index (χ2n) is 11.5. The Morgan fingerprint density at radius 1 is 1.05 bits per heavy atom. The fourth-order valence-corrected chi connectivity index (χ4v) is 5.16. The SMILES string of the molecule is Cn1c(Nc2cc(C(C)(C)C)n([C@H]3CCOC3)n2)nc2ncc(Oc3cnc4[nH]c(C5CC5)cc4c3)cc21. The van der Waals surface area contributed by atoms with Crippen molar-refractivity contribution in [3.63, 3.8) is 0 Å². The minimum atomic E-state index is -0.0482. The predicted molar refractivity (Wildman–Crippen MR) is 145 cm³/mol. The summed E-state index contributed by atoms with van der Waals surface area (Å²) in [6.07, 6.45) is 6.91. The molecule has 0 bridgehead atoms. The van der Waals surface area contributed by atoms with Gasteiger partial charge in [-0.3, -0.25) is 4.68 Å². The van der Waals surface area contributed by atoms with Gasteiger partial charge in [-0.05, 0) is 37.3 Å². The first-order valence-electron chi connectivity index (χ1n) is 13.3. The molecule has 6 heterocycles. The molecule has 7 rings (SSSR count). The van der Waals surface area contributed by atoms with Crippen LogP contribution in [0.25, 0.3) is 22.2 Å². The van der Waals surface area contributed by atoms with Crippen LogP contribution in [0.15, 0.2) is 36.7 Å². The van der Waals surface area contributed by atoms with Crippen LogP contribution >= 0.6 is 0 Å². The van der Waals surface area contributed by atoms with Gasteiger partial charge < -0.3 is 24.3 Å². The molecule has 1 saturated carbocycles. The second-order valence-corrected chi connectivity index (χ2v) is 11.5. The average Bonchev–Trinajstić information content (AvgIpc) is 3.24. The van der Waals surface area contributed by atoms with Gasteiger partial charge in [0.1, 0.15) is 17.1 Å². The largest absolute Gasteiger partial charge is 0.454 e. The van der Waals surface area contributed by atoms with E-state index in [2.05, 4.69) is 57.9 Å². The number of imidazole rings is 1. The number of anilines is 2. The standard InChI is InChI=1S/C28H32N8O2/c1-28(2,3)23-12-24(34-36(23)18-7-8-37-15-18)32-27-33-26-22(35(27)4)11-20(14-30-26)38-19-9-17-10-21(16-5-6-16)31-25(17)29-13-19/h9-14,16,18H,5-8,15H2,1-4H3,(H,29,31)(H,30,32,33,34)/t18-/m0/s1. The summed E-state index contributed by atoms with van der Waals surface area (Å²) >= 11 is 0. The van der Waals surface area contributed by atoms with E-state index >= 15 is 0 Å². The lowest BCUT2D eigenvalue weighted by Gasteiger charge is -2.22. The Labute approximate surface area is 220 Å². The van der Waals surface area contributed by atoms with Crippen LogP contribution in [0.3, 0.4) is 0 Å². The average molecular weight is 513 g/mol. The molecule has 5 aromatic rings. The Bertz CT molecular complexity index is 1650. The van der Waals surface area contributed by atoms with Gasteiger partial charge in [0.15, 0.2) is 11.5 Å². The third-order valence-electron chi connectivity index (χ3n) is 7.43. The first-order valence-corrected chi connectivity index (χ1v) is 13.3. The minimum Gasteiger partial charge on any atom is -0.454 e. The number of aryl methyl sites for hydroxylation is 1. The number of fused-ring (bicyclic) bond motifs is 2. The van der Waals surface area contributed by atoms with Crippen molar-refractivity contribution in [2.24, 2.45) is 7.05 Å². The number of ether oxygens (including phenoxy) is 2. The molecule has 2 fully saturated rings. The van der Waals surface area contributed by atoms with E-state index in [4.69, 9.17) is 19.6 Å². The predicted octanol–water partition coefficient (Wildman–Crippen LogP) is 5.71. The summed E-state index contributed by atoms with van der Waals surface area (Å²) in [4.78, 5) is 17.2. The van der Waals surface area contributed by atoms with Crippen molar-refractivity contribution in [3.8, 4) is 11.5 Å². The molecule has 1 aliphatic carbocycles. The van der Waals surface area contributed by atoms with Crippen molar-refractivity contribution in [2.75, 3.05) is 18.5 Å². The number of nitrogens with one attached hydrogen (secondary N) is 2. The number of aromatic amines is 1. The van der Waals surface area contributed by atoms with Gasteiger partial charge >= 0.3 is 0 Å². The van der Waals surface area contributed by atoms with Crippen LogP contribution in [0.2, 0.25) is 0 Å². The highest BCUT2D eigenvalue weighted by atomic mass is 16.5. The van der Waals surface area contributed by atoms with E-state index in [-0.39, 0.29) is 11.5 Å². The number of pyridine rings is 2. The molecule has 1 aliphatic heterocycles. The summed E-state index contributed by atoms with van der Waals surface area (Å²) in [5, 5.41) is 9.37. The third kappa shape index (κ3) is 4.18. The van der Waals surface area contributed by atoms with Crippen LogP contribution in [0.4, 0.5) is 11.8 Å². The van der Waals surface area contributed by atoms with Gasteiger partial charge in [0, 0.05) is 48.0 Å². The van der Waals surface area contributed by atoms with Crippen LogP contribution in [0.1, 0.15) is 63.4 Å². The topological polar surface area (TPSA) is 108 Å². The maximum atomic E-state index is 6.15. The van der Waals surface area contributed by atoms with Gasteiger partial charge in [0.25, 0.3) is 0 Å². The molecule has 1 saturated heterocycles. The molecule has 0 spiro atoms. The number of nitrogens with zero attached hydrogens (tertiary/aromatic N) is 6. The Morgan fingerprint density at radius 2 is 1.87 bits per heavy atom. The summed E-state index contributed by atoms with van der Waals surface area (Å²) in [5.41, 5.74) is 4.77. The molecule has 0 aromatic carbocycles. The zero-order valence-electron chi connectivity index (χ0n) is 22.2. The van der Waals surface area contributed by atoms with E-state index in [0.29, 0.717) is 35.6 Å². The van der Waals surface area contributed by atoms with Crippen molar-refractivity contribution < 1.29 is 9.47 Å². The van der Waals surface area contributed by atoms with Gasteiger partial charge in [-0.2, -0.15) is 10.1 Å².